The Bertz CT molecular complexity index is 337. The topological polar surface area (TPSA) is 71.1 Å². The summed E-state index contributed by atoms with van der Waals surface area (Å²) in [7, 11) is 1.32. The summed E-state index contributed by atoms with van der Waals surface area (Å²) in [6.07, 6.45) is 0.949. The quantitative estimate of drug-likeness (QED) is 0.637. The van der Waals surface area contributed by atoms with Crippen LogP contribution in [0.15, 0.2) is 0 Å². The molecule has 1 heterocycles. The monoisotopic (exact) mass is 258 g/mol. The third-order valence-corrected chi connectivity index (χ3v) is 3.56. The summed E-state index contributed by atoms with van der Waals surface area (Å²) in [5.74, 6) is -1.81. The van der Waals surface area contributed by atoms with E-state index in [1.165, 1.54) is 7.11 Å². The van der Waals surface area contributed by atoms with Gasteiger partial charge in [0.05, 0.1) is 37.8 Å². The third kappa shape index (κ3) is 2.64. The van der Waals surface area contributed by atoms with Crippen LogP contribution < -0.4 is 0 Å². The van der Waals surface area contributed by atoms with Gasteiger partial charge in [-0.1, -0.05) is 0 Å². The smallest absolute Gasteiger partial charge is 0.312 e. The van der Waals surface area contributed by atoms with Crippen LogP contribution in [-0.2, 0) is 28.5 Å². The van der Waals surface area contributed by atoms with E-state index in [-0.39, 0.29) is 12.8 Å². The number of cyclic esters (lactones) is 1. The number of ether oxygens (including phenoxy) is 4. The summed E-state index contributed by atoms with van der Waals surface area (Å²) in [4.78, 5) is 23.6. The summed E-state index contributed by atoms with van der Waals surface area (Å²) in [5.41, 5.74) is -0.497. The predicted octanol–water partition coefficient (Wildman–Crippen LogP) is 0.492. The van der Waals surface area contributed by atoms with Crippen LogP contribution in [-0.4, -0.2) is 44.7 Å². The fourth-order valence-corrected chi connectivity index (χ4v) is 2.68. The van der Waals surface area contributed by atoms with E-state index < -0.39 is 23.4 Å². The Balaban J connectivity index is 2.19. The van der Waals surface area contributed by atoms with Gasteiger partial charge in [-0.2, -0.15) is 0 Å². The molecule has 2 aliphatic rings. The summed E-state index contributed by atoms with van der Waals surface area (Å²) in [5, 5.41) is 0. The first-order valence-corrected chi connectivity index (χ1v) is 6.02. The van der Waals surface area contributed by atoms with Crippen molar-refractivity contribution in [2.45, 2.75) is 25.4 Å². The molecule has 0 amide bonds. The van der Waals surface area contributed by atoms with Gasteiger partial charge in [0, 0.05) is 0 Å². The van der Waals surface area contributed by atoms with Crippen molar-refractivity contribution >= 4 is 11.9 Å². The lowest BCUT2D eigenvalue weighted by molar-refractivity contribution is -0.170. The van der Waals surface area contributed by atoms with Crippen molar-refractivity contribution in [1.82, 2.24) is 0 Å². The number of rotatable bonds is 1. The molecule has 0 aromatic rings. The highest BCUT2D eigenvalue weighted by Crippen LogP contribution is 2.43. The standard InChI is InChI=1S/C12H18O6/c1-12-5-8(10(13)15-2)9(6-12)11(14)17-7-16-3-4-18-12/h8-9H,3-7H2,1-2H3. The molecule has 6 nitrogen and oxygen atoms in total. The molecule has 3 unspecified atom stereocenters. The predicted molar refractivity (Wildman–Crippen MR) is 59.5 cm³/mol. The molecular formula is C12H18O6. The van der Waals surface area contributed by atoms with Gasteiger partial charge in [0.1, 0.15) is 0 Å². The van der Waals surface area contributed by atoms with E-state index in [9.17, 15) is 9.59 Å². The van der Waals surface area contributed by atoms with Crippen LogP contribution in [0.4, 0.5) is 0 Å². The number of fused-ring (bicyclic) bond motifs is 2. The van der Waals surface area contributed by atoms with Crippen LogP contribution in [0.3, 0.4) is 0 Å². The number of hydrogen-bond acceptors (Lipinski definition) is 6. The average Bonchev–Trinajstić information content (AvgIpc) is 2.70. The van der Waals surface area contributed by atoms with Crippen LogP contribution in [0.2, 0.25) is 0 Å². The molecule has 3 atom stereocenters. The molecule has 2 bridgehead atoms. The lowest BCUT2D eigenvalue weighted by Crippen LogP contribution is -2.30. The summed E-state index contributed by atoms with van der Waals surface area (Å²) in [6, 6.07) is 0. The highest BCUT2D eigenvalue weighted by atomic mass is 16.7. The van der Waals surface area contributed by atoms with Gasteiger partial charge in [-0.15, -0.1) is 0 Å². The molecule has 1 saturated heterocycles. The number of hydrogen-bond donors (Lipinski definition) is 0. The molecule has 0 aromatic heterocycles. The molecule has 1 saturated carbocycles. The molecule has 18 heavy (non-hydrogen) atoms. The molecule has 0 radical (unpaired) electrons. The first kappa shape index (κ1) is 13.3. The molecule has 2 rings (SSSR count). The number of carbonyl (C=O) groups excluding carboxylic acids is 2. The second-order valence-electron chi connectivity index (χ2n) is 4.93. The summed E-state index contributed by atoms with van der Waals surface area (Å²) >= 11 is 0. The van der Waals surface area contributed by atoms with E-state index in [0.29, 0.717) is 26.1 Å². The molecule has 6 heteroatoms. The third-order valence-electron chi connectivity index (χ3n) is 3.56. The lowest BCUT2D eigenvalue weighted by atomic mass is 9.96. The summed E-state index contributed by atoms with van der Waals surface area (Å²) in [6.45, 7) is 2.60. The summed E-state index contributed by atoms with van der Waals surface area (Å²) < 4.78 is 20.6. The van der Waals surface area contributed by atoms with Gasteiger partial charge in [-0.25, -0.2) is 0 Å². The fourth-order valence-electron chi connectivity index (χ4n) is 2.68. The van der Waals surface area contributed by atoms with Crippen LogP contribution >= 0.6 is 0 Å². The Morgan fingerprint density at radius 3 is 2.89 bits per heavy atom. The van der Waals surface area contributed by atoms with E-state index >= 15 is 0 Å². The number of esters is 2. The first-order valence-electron chi connectivity index (χ1n) is 6.02. The Hall–Kier alpha value is -1.14. The Morgan fingerprint density at radius 1 is 1.39 bits per heavy atom. The van der Waals surface area contributed by atoms with Crippen LogP contribution in [0.5, 0.6) is 0 Å². The van der Waals surface area contributed by atoms with Gasteiger partial charge in [-0.05, 0) is 19.8 Å². The largest absolute Gasteiger partial charge is 0.469 e. The maximum Gasteiger partial charge on any atom is 0.312 e. The van der Waals surface area contributed by atoms with Crippen molar-refractivity contribution in [2.75, 3.05) is 27.1 Å². The first-order chi connectivity index (χ1) is 8.56. The highest BCUT2D eigenvalue weighted by Gasteiger charge is 2.50. The minimum atomic E-state index is -0.510. The molecule has 0 spiro atoms. The fraction of sp³-hybridized carbons (Fsp3) is 0.833. The van der Waals surface area contributed by atoms with Crippen molar-refractivity contribution in [3.8, 4) is 0 Å². The molecule has 102 valence electrons. The zero-order chi connectivity index (χ0) is 13.2. The maximum atomic E-state index is 11.9. The SMILES string of the molecule is COC(=O)C1CC2(C)CC1C(=O)OCOCCO2. The van der Waals surface area contributed by atoms with Crippen molar-refractivity contribution in [3.05, 3.63) is 0 Å². The minimum Gasteiger partial charge on any atom is -0.469 e. The van der Waals surface area contributed by atoms with Crippen LogP contribution in [0.25, 0.3) is 0 Å². The Labute approximate surface area is 106 Å². The molecule has 0 aromatic carbocycles. The number of carbonyl (C=O) groups is 2. The second-order valence-corrected chi connectivity index (χ2v) is 4.93. The van der Waals surface area contributed by atoms with Crippen molar-refractivity contribution < 1.29 is 28.5 Å². The number of methoxy groups -OCH3 is 1. The minimum absolute atomic E-state index is 0.0939. The normalized spacial score (nSPS) is 36.9. The molecular weight excluding hydrogens is 240 g/mol. The van der Waals surface area contributed by atoms with E-state index in [1.807, 2.05) is 6.92 Å². The molecule has 2 fully saturated rings. The molecule has 1 aliphatic carbocycles. The van der Waals surface area contributed by atoms with E-state index in [4.69, 9.17) is 18.9 Å². The van der Waals surface area contributed by atoms with Crippen LogP contribution in [0, 0.1) is 11.8 Å². The van der Waals surface area contributed by atoms with Crippen LogP contribution in [0.1, 0.15) is 19.8 Å². The molecule has 1 aliphatic heterocycles. The molecule has 0 N–H and O–H groups in total. The highest BCUT2D eigenvalue weighted by molar-refractivity contribution is 5.83. The van der Waals surface area contributed by atoms with Crippen molar-refractivity contribution in [3.63, 3.8) is 0 Å². The average molecular weight is 258 g/mol. The zero-order valence-corrected chi connectivity index (χ0v) is 10.6. The zero-order valence-electron chi connectivity index (χ0n) is 10.6. The van der Waals surface area contributed by atoms with Gasteiger partial charge in [0.2, 0.25) is 0 Å². The van der Waals surface area contributed by atoms with Gasteiger partial charge in [-0.3, -0.25) is 9.59 Å². The van der Waals surface area contributed by atoms with Gasteiger partial charge < -0.3 is 18.9 Å². The Morgan fingerprint density at radius 2 is 2.17 bits per heavy atom. The van der Waals surface area contributed by atoms with Crippen molar-refractivity contribution in [2.24, 2.45) is 11.8 Å². The Kier molecular flexibility index (Phi) is 3.87. The second kappa shape index (κ2) is 5.24. The van der Waals surface area contributed by atoms with E-state index in [1.54, 1.807) is 0 Å². The maximum absolute atomic E-state index is 11.9. The van der Waals surface area contributed by atoms with E-state index in [0.717, 1.165) is 0 Å². The van der Waals surface area contributed by atoms with Gasteiger partial charge in [0.15, 0.2) is 6.79 Å². The van der Waals surface area contributed by atoms with Gasteiger partial charge >= 0.3 is 11.9 Å². The lowest BCUT2D eigenvalue weighted by Gasteiger charge is -2.25. The van der Waals surface area contributed by atoms with E-state index in [2.05, 4.69) is 0 Å². The van der Waals surface area contributed by atoms with Gasteiger partial charge in [0.25, 0.3) is 0 Å². The van der Waals surface area contributed by atoms with Crippen molar-refractivity contribution in [1.29, 1.82) is 0 Å².